The predicted octanol–water partition coefficient (Wildman–Crippen LogP) is 3.90. The predicted molar refractivity (Wildman–Crippen MR) is 105 cm³/mol. The van der Waals surface area contributed by atoms with E-state index in [0.717, 1.165) is 24.1 Å². The molecule has 0 atom stereocenters. The average Bonchev–Trinajstić information content (AvgIpc) is 3.14. The SMILES string of the molecule is Cn1cc(-c2ccc(C3CCN(CCc4ccccc4)CC3)nc2)cn1. The number of piperidine rings is 1. The summed E-state index contributed by atoms with van der Waals surface area (Å²) in [6.07, 6.45) is 9.46. The fourth-order valence-corrected chi connectivity index (χ4v) is 3.77. The van der Waals surface area contributed by atoms with Crippen LogP contribution in [-0.2, 0) is 13.5 Å². The first-order valence-corrected chi connectivity index (χ1v) is 9.49. The standard InChI is InChI=1S/C22H26N4/c1-25-17-21(16-24-25)20-7-8-22(23-15-20)19-10-13-26(14-11-19)12-9-18-5-3-2-4-6-18/h2-8,15-17,19H,9-14H2,1H3. The van der Waals surface area contributed by atoms with E-state index in [1.807, 2.05) is 30.3 Å². The van der Waals surface area contributed by atoms with Crippen molar-refractivity contribution >= 4 is 0 Å². The van der Waals surface area contributed by atoms with E-state index in [-0.39, 0.29) is 0 Å². The molecule has 0 radical (unpaired) electrons. The van der Waals surface area contributed by atoms with E-state index >= 15 is 0 Å². The summed E-state index contributed by atoms with van der Waals surface area (Å²) in [4.78, 5) is 7.34. The zero-order valence-electron chi connectivity index (χ0n) is 15.4. The molecule has 0 amide bonds. The highest BCUT2D eigenvalue weighted by Crippen LogP contribution is 2.28. The molecule has 1 aromatic carbocycles. The molecule has 4 nitrogen and oxygen atoms in total. The van der Waals surface area contributed by atoms with Gasteiger partial charge in [-0.2, -0.15) is 5.10 Å². The fourth-order valence-electron chi connectivity index (χ4n) is 3.77. The van der Waals surface area contributed by atoms with Crippen LogP contribution >= 0.6 is 0 Å². The smallest absolute Gasteiger partial charge is 0.0568 e. The van der Waals surface area contributed by atoms with Gasteiger partial charge in [0.1, 0.15) is 0 Å². The van der Waals surface area contributed by atoms with E-state index in [1.165, 1.54) is 37.2 Å². The molecule has 4 rings (SSSR count). The summed E-state index contributed by atoms with van der Waals surface area (Å²) in [6, 6.07) is 15.2. The van der Waals surface area contributed by atoms with Crippen molar-refractivity contribution in [2.45, 2.75) is 25.2 Å². The van der Waals surface area contributed by atoms with Gasteiger partial charge in [-0.1, -0.05) is 36.4 Å². The van der Waals surface area contributed by atoms with Crippen molar-refractivity contribution < 1.29 is 0 Å². The van der Waals surface area contributed by atoms with E-state index in [0.29, 0.717) is 5.92 Å². The third-order valence-corrected chi connectivity index (χ3v) is 5.39. The van der Waals surface area contributed by atoms with Crippen molar-refractivity contribution in [3.63, 3.8) is 0 Å². The molecule has 0 N–H and O–H groups in total. The Hall–Kier alpha value is -2.46. The maximum absolute atomic E-state index is 4.75. The van der Waals surface area contributed by atoms with Crippen molar-refractivity contribution in [2.75, 3.05) is 19.6 Å². The minimum Gasteiger partial charge on any atom is -0.303 e. The second kappa shape index (κ2) is 7.83. The van der Waals surface area contributed by atoms with Crippen LogP contribution in [-0.4, -0.2) is 39.3 Å². The fraction of sp³-hybridized carbons (Fsp3) is 0.364. The largest absolute Gasteiger partial charge is 0.303 e. The number of aryl methyl sites for hydroxylation is 1. The second-order valence-electron chi connectivity index (χ2n) is 7.23. The summed E-state index contributed by atoms with van der Waals surface area (Å²) in [5, 5.41) is 4.24. The van der Waals surface area contributed by atoms with Gasteiger partial charge in [0.2, 0.25) is 0 Å². The first-order chi connectivity index (χ1) is 12.8. The van der Waals surface area contributed by atoms with Gasteiger partial charge in [-0.25, -0.2) is 0 Å². The lowest BCUT2D eigenvalue weighted by atomic mass is 9.92. The number of likely N-dealkylation sites (tertiary alicyclic amines) is 1. The summed E-state index contributed by atoms with van der Waals surface area (Å²) >= 11 is 0. The molecule has 26 heavy (non-hydrogen) atoms. The molecule has 4 heteroatoms. The van der Waals surface area contributed by atoms with Crippen LogP contribution in [0.15, 0.2) is 61.1 Å². The van der Waals surface area contributed by atoms with Crippen LogP contribution in [0, 0.1) is 0 Å². The summed E-state index contributed by atoms with van der Waals surface area (Å²) in [5.41, 5.74) is 4.94. The molecule has 3 aromatic rings. The van der Waals surface area contributed by atoms with Crippen LogP contribution in [0.25, 0.3) is 11.1 Å². The highest BCUT2D eigenvalue weighted by molar-refractivity contribution is 5.60. The van der Waals surface area contributed by atoms with Crippen molar-refractivity contribution in [2.24, 2.45) is 7.05 Å². The van der Waals surface area contributed by atoms with Gasteiger partial charge < -0.3 is 4.90 Å². The van der Waals surface area contributed by atoms with Crippen molar-refractivity contribution in [1.29, 1.82) is 0 Å². The van der Waals surface area contributed by atoms with Gasteiger partial charge in [-0.05, 0) is 44.0 Å². The van der Waals surface area contributed by atoms with E-state index in [9.17, 15) is 0 Å². The number of hydrogen-bond acceptors (Lipinski definition) is 3. The van der Waals surface area contributed by atoms with Crippen LogP contribution in [0.4, 0.5) is 0 Å². The van der Waals surface area contributed by atoms with Gasteiger partial charge in [0, 0.05) is 48.7 Å². The Morgan fingerprint density at radius 3 is 2.42 bits per heavy atom. The number of benzene rings is 1. The number of rotatable bonds is 5. The van der Waals surface area contributed by atoms with E-state index < -0.39 is 0 Å². The minimum absolute atomic E-state index is 0.589. The van der Waals surface area contributed by atoms with Crippen LogP contribution in [0.2, 0.25) is 0 Å². The summed E-state index contributed by atoms with van der Waals surface area (Å²) in [5.74, 6) is 0.589. The van der Waals surface area contributed by atoms with E-state index in [4.69, 9.17) is 4.98 Å². The maximum Gasteiger partial charge on any atom is 0.0568 e. The van der Waals surface area contributed by atoms with Crippen LogP contribution in [0.3, 0.4) is 0 Å². The van der Waals surface area contributed by atoms with Crippen molar-refractivity contribution in [3.05, 3.63) is 72.3 Å². The quantitative estimate of drug-likeness (QED) is 0.702. The molecule has 0 unspecified atom stereocenters. The van der Waals surface area contributed by atoms with Gasteiger partial charge >= 0.3 is 0 Å². The third kappa shape index (κ3) is 4.02. The van der Waals surface area contributed by atoms with Gasteiger partial charge in [0.25, 0.3) is 0 Å². The highest BCUT2D eigenvalue weighted by Gasteiger charge is 2.21. The van der Waals surface area contributed by atoms with Gasteiger partial charge in [-0.3, -0.25) is 9.67 Å². The van der Waals surface area contributed by atoms with Gasteiger partial charge in [0.15, 0.2) is 0 Å². The molecule has 134 valence electrons. The Kier molecular flexibility index (Phi) is 5.12. The number of hydrogen-bond donors (Lipinski definition) is 0. The molecule has 1 fully saturated rings. The highest BCUT2D eigenvalue weighted by atomic mass is 15.2. The molecule has 0 spiro atoms. The lowest BCUT2D eigenvalue weighted by Gasteiger charge is -2.31. The van der Waals surface area contributed by atoms with Crippen LogP contribution in [0.5, 0.6) is 0 Å². The van der Waals surface area contributed by atoms with Gasteiger partial charge in [-0.15, -0.1) is 0 Å². The van der Waals surface area contributed by atoms with E-state index in [2.05, 4.69) is 52.5 Å². The lowest BCUT2D eigenvalue weighted by Crippen LogP contribution is -2.34. The zero-order chi connectivity index (χ0) is 17.8. The Bertz CT molecular complexity index is 815. The van der Waals surface area contributed by atoms with E-state index in [1.54, 1.807) is 0 Å². The Morgan fingerprint density at radius 1 is 0.962 bits per heavy atom. The molecular formula is C22H26N4. The normalized spacial score (nSPS) is 16.0. The van der Waals surface area contributed by atoms with Gasteiger partial charge in [0.05, 0.1) is 6.20 Å². The molecule has 0 saturated carbocycles. The summed E-state index contributed by atoms with van der Waals surface area (Å²) in [7, 11) is 1.94. The minimum atomic E-state index is 0.589. The number of aromatic nitrogens is 3. The second-order valence-corrected chi connectivity index (χ2v) is 7.23. The molecule has 0 aliphatic carbocycles. The molecule has 1 aliphatic rings. The Labute approximate surface area is 155 Å². The average molecular weight is 346 g/mol. The molecular weight excluding hydrogens is 320 g/mol. The number of nitrogens with zero attached hydrogens (tertiary/aromatic N) is 4. The lowest BCUT2D eigenvalue weighted by molar-refractivity contribution is 0.213. The third-order valence-electron chi connectivity index (χ3n) is 5.39. The molecule has 0 bridgehead atoms. The molecule has 2 aromatic heterocycles. The molecule has 1 saturated heterocycles. The maximum atomic E-state index is 4.75. The van der Waals surface area contributed by atoms with Crippen molar-refractivity contribution in [1.82, 2.24) is 19.7 Å². The molecule has 3 heterocycles. The Balaban J connectivity index is 1.30. The van der Waals surface area contributed by atoms with Crippen molar-refractivity contribution in [3.8, 4) is 11.1 Å². The summed E-state index contributed by atoms with van der Waals surface area (Å²) < 4.78 is 1.83. The zero-order valence-corrected chi connectivity index (χ0v) is 15.4. The van der Waals surface area contributed by atoms with Crippen LogP contribution < -0.4 is 0 Å². The first kappa shape index (κ1) is 17.0. The monoisotopic (exact) mass is 346 g/mol. The Morgan fingerprint density at radius 2 is 1.77 bits per heavy atom. The molecule has 1 aliphatic heterocycles. The summed E-state index contributed by atoms with van der Waals surface area (Å²) in [6.45, 7) is 3.50. The number of pyridine rings is 1. The first-order valence-electron chi connectivity index (χ1n) is 9.49. The topological polar surface area (TPSA) is 34.0 Å². The van der Waals surface area contributed by atoms with Crippen LogP contribution in [0.1, 0.15) is 30.0 Å².